The van der Waals surface area contributed by atoms with Gasteiger partial charge in [0.2, 0.25) is 0 Å². The number of carbonyl (C=O) groups excluding carboxylic acids is 1. The fourth-order valence-corrected chi connectivity index (χ4v) is 4.35. The Morgan fingerprint density at radius 3 is 2.58 bits per heavy atom. The van der Waals surface area contributed by atoms with E-state index in [1.165, 1.54) is 42.0 Å². The molecule has 1 aliphatic carbocycles. The molecule has 1 saturated carbocycles. The highest BCUT2D eigenvalue weighted by Gasteiger charge is 2.32. The van der Waals surface area contributed by atoms with Gasteiger partial charge in [0.25, 0.3) is 11.5 Å². The molecule has 1 N–H and O–H groups in total. The van der Waals surface area contributed by atoms with Crippen molar-refractivity contribution in [3.05, 3.63) is 69.5 Å². The largest absolute Gasteiger partial charge is 0.336 e. The third kappa shape index (κ3) is 3.94. The zero-order valence-electron chi connectivity index (χ0n) is 18.2. The van der Waals surface area contributed by atoms with Gasteiger partial charge in [-0.15, -0.1) is 0 Å². The van der Waals surface area contributed by atoms with Gasteiger partial charge in [0.05, 0.1) is 16.7 Å². The Labute approximate surface area is 189 Å². The summed E-state index contributed by atoms with van der Waals surface area (Å²) in [6.07, 6.45) is 5.48. The molecule has 2 fully saturated rings. The quantitative estimate of drug-likeness (QED) is 0.664. The van der Waals surface area contributed by atoms with E-state index in [2.05, 4.69) is 15.0 Å². The van der Waals surface area contributed by atoms with Gasteiger partial charge in [-0.3, -0.25) is 19.6 Å². The molecule has 3 heterocycles. The van der Waals surface area contributed by atoms with E-state index in [1.807, 2.05) is 4.90 Å². The monoisotopic (exact) mass is 446 g/mol. The predicted molar refractivity (Wildman–Crippen MR) is 120 cm³/mol. The number of rotatable bonds is 4. The number of aromatic amines is 1. The SMILES string of the molecule is Cc1cc(C#N)c(F)cc1-c1c[nH]n(-c2ccc(C(=O)N3CCN(C4CC4)CC3)cn2)c1=O. The van der Waals surface area contributed by atoms with Gasteiger partial charge < -0.3 is 4.90 Å². The van der Waals surface area contributed by atoms with Crippen LogP contribution in [0.3, 0.4) is 0 Å². The molecule has 0 radical (unpaired) electrons. The lowest BCUT2D eigenvalue weighted by Gasteiger charge is -2.34. The lowest BCUT2D eigenvalue weighted by molar-refractivity contribution is 0.0627. The van der Waals surface area contributed by atoms with E-state index in [0.717, 1.165) is 13.1 Å². The highest BCUT2D eigenvalue weighted by molar-refractivity contribution is 5.94. The molecular weight excluding hydrogens is 423 g/mol. The number of hydrogen-bond donors (Lipinski definition) is 1. The average molecular weight is 446 g/mol. The van der Waals surface area contributed by atoms with Crippen LogP contribution in [0.2, 0.25) is 0 Å². The van der Waals surface area contributed by atoms with E-state index in [-0.39, 0.29) is 17.0 Å². The minimum Gasteiger partial charge on any atom is -0.336 e. The molecule has 0 atom stereocenters. The number of pyridine rings is 1. The maximum atomic E-state index is 14.1. The number of amides is 1. The smallest absolute Gasteiger partial charge is 0.280 e. The molecule has 9 heteroatoms. The summed E-state index contributed by atoms with van der Waals surface area (Å²) < 4.78 is 15.4. The Morgan fingerprint density at radius 2 is 1.94 bits per heavy atom. The van der Waals surface area contributed by atoms with E-state index in [4.69, 9.17) is 5.26 Å². The molecule has 1 amide bonds. The number of nitrogens with zero attached hydrogens (tertiary/aromatic N) is 5. The van der Waals surface area contributed by atoms with Gasteiger partial charge >= 0.3 is 0 Å². The Morgan fingerprint density at radius 1 is 1.18 bits per heavy atom. The van der Waals surface area contributed by atoms with E-state index in [9.17, 15) is 14.0 Å². The summed E-state index contributed by atoms with van der Waals surface area (Å²) in [4.78, 5) is 34.4. The molecule has 2 aliphatic rings. The Kier molecular flexibility index (Phi) is 5.30. The maximum Gasteiger partial charge on any atom is 0.280 e. The minimum atomic E-state index is -0.677. The maximum absolute atomic E-state index is 14.1. The molecule has 0 spiro atoms. The standard InChI is InChI=1S/C24H23FN6O2/c1-15-10-17(12-26)21(25)11-19(15)20-14-28-31(24(20)33)22-5-2-16(13-27-22)23(32)30-8-6-29(7-9-30)18-3-4-18/h2,5,10-11,13-14,18,28H,3-4,6-9H2,1H3. The van der Waals surface area contributed by atoms with E-state index >= 15 is 0 Å². The van der Waals surface area contributed by atoms with Crippen LogP contribution in [0, 0.1) is 24.1 Å². The zero-order chi connectivity index (χ0) is 23.1. The van der Waals surface area contributed by atoms with Gasteiger partial charge in [-0.2, -0.15) is 5.26 Å². The Bertz CT molecular complexity index is 1310. The topological polar surface area (TPSA) is 98.0 Å². The first-order valence-electron chi connectivity index (χ1n) is 11.0. The number of piperazine rings is 1. The molecule has 1 saturated heterocycles. The van der Waals surface area contributed by atoms with Gasteiger partial charge in [0.15, 0.2) is 5.82 Å². The normalized spacial score (nSPS) is 16.6. The number of aryl methyl sites for hydroxylation is 1. The second-order valence-corrected chi connectivity index (χ2v) is 8.55. The fraction of sp³-hybridized carbons (Fsp3) is 0.333. The number of H-pyrrole nitrogens is 1. The third-order valence-electron chi connectivity index (χ3n) is 6.38. The van der Waals surface area contributed by atoms with Crippen LogP contribution in [0.1, 0.15) is 34.3 Å². The third-order valence-corrected chi connectivity index (χ3v) is 6.38. The Hall–Kier alpha value is -3.77. The lowest BCUT2D eigenvalue weighted by Crippen LogP contribution is -2.49. The number of halogens is 1. The summed E-state index contributed by atoms with van der Waals surface area (Å²) in [5.74, 6) is -0.412. The zero-order valence-corrected chi connectivity index (χ0v) is 18.2. The van der Waals surface area contributed by atoms with Crippen molar-refractivity contribution in [2.45, 2.75) is 25.8 Å². The van der Waals surface area contributed by atoms with Gasteiger partial charge in [0, 0.05) is 44.6 Å². The van der Waals surface area contributed by atoms with Crippen LogP contribution < -0.4 is 5.56 Å². The van der Waals surface area contributed by atoms with Crippen molar-refractivity contribution >= 4 is 5.91 Å². The van der Waals surface area contributed by atoms with E-state index < -0.39 is 11.4 Å². The van der Waals surface area contributed by atoms with Gasteiger partial charge in [-0.1, -0.05) is 0 Å². The second kappa shape index (κ2) is 8.30. The Balaban J connectivity index is 1.35. The van der Waals surface area contributed by atoms with Crippen LogP contribution in [-0.2, 0) is 0 Å². The minimum absolute atomic E-state index is 0.0623. The molecule has 1 aromatic carbocycles. The molecular formula is C24H23FN6O2. The highest BCUT2D eigenvalue weighted by Crippen LogP contribution is 2.28. The molecule has 0 unspecified atom stereocenters. The van der Waals surface area contributed by atoms with Crippen LogP contribution in [0.25, 0.3) is 16.9 Å². The molecule has 168 valence electrons. The molecule has 5 rings (SSSR count). The molecule has 2 aromatic heterocycles. The first-order chi connectivity index (χ1) is 16.0. The van der Waals surface area contributed by atoms with E-state index in [0.29, 0.717) is 41.6 Å². The molecule has 8 nitrogen and oxygen atoms in total. The molecule has 33 heavy (non-hydrogen) atoms. The van der Waals surface area contributed by atoms with Crippen LogP contribution in [0.15, 0.2) is 41.5 Å². The van der Waals surface area contributed by atoms with Crippen molar-refractivity contribution in [2.75, 3.05) is 26.2 Å². The highest BCUT2D eigenvalue weighted by atomic mass is 19.1. The molecule has 0 bridgehead atoms. The van der Waals surface area contributed by atoms with E-state index in [1.54, 1.807) is 25.1 Å². The molecule has 1 aliphatic heterocycles. The van der Waals surface area contributed by atoms with Crippen LogP contribution in [0.4, 0.5) is 4.39 Å². The number of benzene rings is 1. The fourth-order valence-electron chi connectivity index (χ4n) is 4.35. The summed E-state index contributed by atoms with van der Waals surface area (Å²) >= 11 is 0. The number of carbonyl (C=O) groups is 1. The van der Waals surface area contributed by atoms with Gasteiger partial charge in [-0.25, -0.2) is 14.1 Å². The predicted octanol–water partition coefficient (Wildman–Crippen LogP) is 2.47. The second-order valence-electron chi connectivity index (χ2n) is 8.55. The summed E-state index contributed by atoms with van der Waals surface area (Å²) in [7, 11) is 0. The first-order valence-corrected chi connectivity index (χ1v) is 11.0. The summed E-state index contributed by atoms with van der Waals surface area (Å²) in [6.45, 7) is 4.93. The van der Waals surface area contributed by atoms with Gasteiger partial charge in [-0.05, 0) is 55.2 Å². The summed E-state index contributed by atoms with van der Waals surface area (Å²) in [5.41, 5.74) is 1.30. The lowest BCUT2D eigenvalue weighted by atomic mass is 10.0. The van der Waals surface area contributed by atoms with Gasteiger partial charge in [0.1, 0.15) is 11.9 Å². The first kappa shape index (κ1) is 21.1. The van der Waals surface area contributed by atoms with Crippen molar-refractivity contribution in [1.82, 2.24) is 24.6 Å². The van der Waals surface area contributed by atoms with Crippen molar-refractivity contribution < 1.29 is 9.18 Å². The van der Waals surface area contributed by atoms with Crippen molar-refractivity contribution in [2.24, 2.45) is 0 Å². The van der Waals surface area contributed by atoms with Crippen LogP contribution in [-0.4, -0.2) is 62.7 Å². The van der Waals surface area contributed by atoms with Crippen molar-refractivity contribution in [3.8, 4) is 23.0 Å². The number of aromatic nitrogens is 3. The van der Waals surface area contributed by atoms with Crippen LogP contribution >= 0.6 is 0 Å². The number of nitriles is 1. The summed E-state index contributed by atoms with van der Waals surface area (Å²) in [5, 5.41) is 11.8. The van der Waals surface area contributed by atoms with Crippen LogP contribution in [0.5, 0.6) is 0 Å². The number of hydrogen-bond acceptors (Lipinski definition) is 5. The van der Waals surface area contributed by atoms with Crippen molar-refractivity contribution in [3.63, 3.8) is 0 Å². The summed E-state index contributed by atoms with van der Waals surface area (Å²) in [6, 6.07) is 8.40. The molecule has 3 aromatic rings. The average Bonchev–Trinajstić information content (AvgIpc) is 3.62. The number of nitrogens with one attached hydrogen (secondary N) is 1. The van der Waals surface area contributed by atoms with Crippen molar-refractivity contribution in [1.29, 1.82) is 5.26 Å².